The quantitative estimate of drug-likeness (QED) is 0.473. The van der Waals surface area contributed by atoms with E-state index in [0.717, 1.165) is 0 Å². The maximum absolute atomic E-state index is 2.97. The lowest BCUT2D eigenvalue weighted by Gasteiger charge is -2.15. The van der Waals surface area contributed by atoms with Crippen molar-refractivity contribution < 1.29 is 0 Å². The fourth-order valence-electron chi connectivity index (χ4n) is 1.71. The van der Waals surface area contributed by atoms with Gasteiger partial charge in [0.15, 0.2) is 0 Å². The SMILES string of the molecule is C1#C/C=C\C2=C(/C=C\1)CCCC2. The summed E-state index contributed by atoms with van der Waals surface area (Å²) in [6.45, 7) is 0. The molecule has 0 aliphatic heterocycles. The van der Waals surface area contributed by atoms with Gasteiger partial charge < -0.3 is 0 Å². The highest BCUT2D eigenvalue weighted by molar-refractivity contribution is 5.42. The molecule has 2 aliphatic rings. The van der Waals surface area contributed by atoms with Gasteiger partial charge in [-0.25, -0.2) is 0 Å². The molecule has 60 valence electrons. The molecular weight excluding hydrogens is 144 g/mol. The van der Waals surface area contributed by atoms with Gasteiger partial charge >= 0.3 is 0 Å². The van der Waals surface area contributed by atoms with E-state index in [0.29, 0.717) is 0 Å². The molecule has 0 spiro atoms. The summed E-state index contributed by atoms with van der Waals surface area (Å²) >= 11 is 0. The molecule has 12 heavy (non-hydrogen) atoms. The second kappa shape index (κ2) is 3.45. The van der Waals surface area contributed by atoms with E-state index >= 15 is 0 Å². The summed E-state index contributed by atoms with van der Waals surface area (Å²) in [4.78, 5) is 0. The van der Waals surface area contributed by atoms with Gasteiger partial charge in [-0.2, -0.15) is 0 Å². The Bertz CT molecular complexity index is 286. The van der Waals surface area contributed by atoms with Crippen LogP contribution in [0.25, 0.3) is 0 Å². The van der Waals surface area contributed by atoms with Gasteiger partial charge in [-0.05, 0) is 49.0 Å². The molecule has 2 rings (SSSR count). The smallest absolute Gasteiger partial charge is 0.0113 e. The average Bonchev–Trinajstić information content (AvgIpc) is 2.06. The zero-order chi connectivity index (χ0) is 8.23. The van der Waals surface area contributed by atoms with Crippen molar-refractivity contribution in [2.75, 3.05) is 0 Å². The first kappa shape index (κ1) is 7.43. The summed E-state index contributed by atoms with van der Waals surface area (Å²) in [5.41, 5.74) is 2.98. The van der Waals surface area contributed by atoms with Crippen LogP contribution in [0.4, 0.5) is 0 Å². The fraction of sp³-hybridized carbons (Fsp3) is 0.333. The Balaban J connectivity index is 2.34. The van der Waals surface area contributed by atoms with Crippen LogP contribution in [-0.2, 0) is 0 Å². The normalized spacial score (nSPS) is 26.0. The van der Waals surface area contributed by atoms with Crippen LogP contribution in [0.1, 0.15) is 25.7 Å². The predicted molar refractivity (Wildman–Crippen MR) is 51.6 cm³/mol. The van der Waals surface area contributed by atoms with Crippen LogP contribution in [-0.4, -0.2) is 0 Å². The molecule has 0 heteroatoms. The highest BCUT2D eigenvalue weighted by Gasteiger charge is 2.07. The average molecular weight is 156 g/mol. The molecule has 0 aromatic heterocycles. The third-order valence-electron chi connectivity index (χ3n) is 2.37. The fourth-order valence-corrected chi connectivity index (χ4v) is 1.71. The molecule has 0 aromatic rings. The van der Waals surface area contributed by atoms with Crippen molar-refractivity contribution >= 4 is 0 Å². The Labute approximate surface area is 73.7 Å². The Morgan fingerprint density at radius 2 is 1.33 bits per heavy atom. The van der Waals surface area contributed by atoms with Crippen molar-refractivity contribution in [1.29, 1.82) is 0 Å². The van der Waals surface area contributed by atoms with Gasteiger partial charge in [-0.3, -0.25) is 0 Å². The largest absolute Gasteiger partial charge is 0.0702 e. The molecule has 0 amide bonds. The third kappa shape index (κ3) is 1.51. The van der Waals surface area contributed by atoms with E-state index in [4.69, 9.17) is 0 Å². The first-order valence-corrected chi connectivity index (χ1v) is 4.53. The van der Waals surface area contributed by atoms with Gasteiger partial charge in [0, 0.05) is 0 Å². The molecule has 0 saturated carbocycles. The van der Waals surface area contributed by atoms with Crippen LogP contribution >= 0.6 is 0 Å². The minimum Gasteiger partial charge on any atom is -0.0702 e. The molecule has 0 N–H and O–H groups in total. The van der Waals surface area contributed by atoms with Crippen LogP contribution in [0.3, 0.4) is 0 Å². The highest BCUT2D eigenvalue weighted by Crippen LogP contribution is 2.26. The molecule has 0 aromatic carbocycles. The summed E-state index contributed by atoms with van der Waals surface area (Å²) in [5, 5.41) is 0. The number of rotatable bonds is 0. The standard InChI is InChI=1S/C12H12/c1-2-4-8-12-10-6-5-9-11(12)7-3-1/h3-4,7-8H,5-6,9-10H2/b7-3-,8-4-,11-7?,12-8?. The molecule has 0 radical (unpaired) electrons. The molecule has 0 nitrogen and oxygen atoms in total. The van der Waals surface area contributed by atoms with E-state index in [1.54, 1.807) is 0 Å². The summed E-state index contributed by atoms with van der Waals surface area (Å²) in [5.74, 6) is 5.94. The van der Waals surface area contributed by atoms with Crippen LogP contribution in [0.15, 0.2) is 35.5 Å². The predicted octanol–water partition coefficient (Wildman–Crippen LogP) is 2.99. The van der Waals surface area contributed by atoms with Gasteiger partial charge in [0.1, 0.15) is 0 Å². The van der Waals surface area contributed by atoms with Crippen molar-refractivity contribution in [3.8, 4) is 11.8 Å². The molecule has 0 bridgehead atoms. The molecule has 0 fully saturated rings. The van der Waals surface area contributed by atoms with Crippen molar-refractivity contribution in [1.82, 2.24) is 0 Å². The molecular formula is C12H12. The molecule has 0 saturated heterocycles. The van der Waals surface area contributed by atoms with Crippen molar-refractivity contribution in [3.05, 3.63) is 35.5 Å². The Hall–Kier alpha value is -1.22. The number of allylic oxidation sites excluding steroid dienone is 6. The summed E-state index contributed by atoms with van der Waals surface area (Å²) in [7, 11) is 0. The van der Waals surface area contributed by atoms with E-state index in [9.17, 15) is 0 Å². The highest BCUT2D eigenvalue weighted by atomic mass is 14.1. The molecule has 0 unspecified atom stereocenters. The molecule has 2 aliphatic carbocycles. The number of hydrogen-bond acceptors (Lipinski definition) is 0. The van der Waals surface area contributed by atoms with Crippen LogP contribution in [0, 0.1) is 11.8 Å². The van der Waals surface area contributed by atoms with Crippen molar-refractivity contribution in [3.63, 3.8) is 0 Å². The zero-order valence-corrected chi connectivity index (χ0v) is 7.14. The van der Waals surface area contributed by atoms with Gasteiger partial charge in [0.05, 0.1) is 0 Å². The van der Waals surface area contributed by atoms with Gasteiger partial charge in [0.2, 0.25) is 0 Å². The third-order valence-corrected chi connectivity index (χ3v) is 2.37. The van der Waals surface area contributed by atoms with E-state index in [2.05, 4.69) is 24.0 Å². The Morgan fingerprint density at radius 3 is 1.83 bits per heavy atom. The van der Waals surface area contributed by atoms with E-state index in [1.807, 2.05) is 12.2 Å². The molecule has 0 atom stereocenters. The van der Waals surface area contributed by atoms with Crippen LogP contribution in [0.2, 0.25) is 0 Å². The maximum Gasteiger partial charge on any atom is -0.0113 e. The first-order valence-electron chi connectivity index (χ1n) is 4.53. The van der Waals surface area contributed by atoms with Crippen LogP contribution < -0.4 is 0 Å². The van der Waals surface area contributed by atoms with E-state index in [1.165, 1.54) is 36.8 Å². The topological polar surface area (TPSA) is 0 Å². The maximum atomic E-state index is 2.97. The van der Waals surface area contributed by atoms with Crippen molar-refractivity contribution in [2.24, 2.45) is 0 Å². The van der Waals surface area contributed by atoms with Gasteiger partial charge in [-0.1, -0.05) is 24.0 Å². The zero-order valence-electron chi connectivity index (χ0n) is 7.14. The lowest BCUT2D eigenvalue weighted by molar-refractivity contribution is 0.693. The monoisotopic (exact) mass is 156 g/mol. The summed E-state index contributed by atoms with van der Waals surface area (Å²) in [6, 6.07) is 0. The summed E-state index contributed by atoms with van der Waals surface area (Å²) < 4.78 is 0. The minimum atomic E-state index is 1.23. The lowest BCUT2D eigenvalue weighted by Crippen LogP contribution is -1.96. The first-order chi connectivity index (χ1) is 5.97. The Kier molecular flexibility index (Phi) is 2.14. The van der Waals surface area contributed by atoms with Crippen molar-refractivity contribution in [2.45, 2.75) is 25.7 Å². The van der Waals surface area contributed by atoms with E-state index < -0.39 is 0 Å². The second-order valence-corrected chi connectivity index (χ2v) is 3.21. The Morgan fingerprint density at radius 1 is 0.833 bits per heavy atom. The molecule has 0 heterocycles. The van der Waals surface area contributed by atoms with Crippen LogP contribution in [0.5, 0.6) is 0 Å². The lowest BCUT2D eigenvalue weighted by atomic mass is 9.91. The van der Waals surface area contributed by atoms with Gasteiger partial charge in [-0.15, -0.1) is 0 Å². The minimum absolute atomic E-state index is 1.23. The van der Waals surface area contributed by atoms with Gasteiger partial charge in [0.25, 0.3) is 0 Å². The van der Waals surface area contributed by atoms with E-state index in [-0.39, 0.29) is 0 Å². The number of hydrogen-bond donors (Lipinski definition) is 0. The summed E-state index contributed by atoms with van der Waals surface area (Å²) in [6.07, 6.45) is 13.4. The second-order valence-electron chi connectivity index (χ2n) is 3.21.